The molecule has 3 rings (SSSR count). The summed E-state index contributed by atoms with van der Waals surface area (Å²) in [6.07, 6.45) is 8.69. The lowest BCUT2D eigenvalue weighted by Gasteiger charge is -2.36. The second kappa shape index (κ2) is 4.68. The number of hydrogen-bond donors (Lipinski definition) is 2. The van der Waals surface area contributed by atoms with Crippen LogP contribution in [0.2, 0.25) is 0 Å². The minimum atomic E-state index is 0.205. The lowest BCUT2D eigenvalue weighted by atomic mass is 9.69. The van der Waals surface area contributed by atoms with Gasteiger partial charge in [0.25, 0.3) is 0 Å². The first-order valence-electron chi connectivity index (χ1n) is 7.45. The van der Waals surface area contributed by atoms with E-state index in [4.69, 9.17) is 5.73 Å². The van der Waals surface area contributed by atoms with Crippen molar-refractivity contribution in [3.63, 3.8) is 0 Å². The highest BCUT2D eigenvalue weighted by Crippen LogP contribution is 2.42. The molecule has 1 fully saturated rings. The second-order valence-electron chi connectivity index (χ2n) is 6.25. The molecule has 1 aromatic carbocycles. The van der Waals surface area contributed by atoms with Gasteiger partial charge in [-0.1, -0.05) is 30.9 Å². The number of rotatable bonds is 2. The lowest BCUT2D eigenvalue weighted by molar-refractivity contribution is 0.303. The summed E-state index contributed by atoms with van der Waals surface area (Å²) in [6.45, 7) is 5.14. The maximum absolute atomic E-state index is 6.18. The van der Waals surface area contributed by atoms with Crippen LogP contribution >= 0.6 is 0 Å². The van der Waals surface area contributed by atoms with Gasteiger partial charge in [0.15, 0.2) is 0 Å². The van der Waals surface area contributed by atoms with E-state index in [0.717, 1.165) is 6.54 Å². The highest BCUT2D eigenvalue weighted by molar-refractivity contribution is 5.87. The molecule has 1 aromatic heterocycles. The van der Waals surface area contributed by atoms with Crippen LogP contribution in [-0.4, -0.2) is 11.5 Å². The molecule has 1 heterocycles. The van der Waals surface area contributed by atoms with E-state index < -0.39 is 0 Å². The highest BCUT2D eigenvalue weighted by Gasteiger charge is 2.34. The number of aromatic nitrogens is 1. The van der Waals surface area contributed by atoms with Crippen molar-refractivity contribution in [2.45, 2.75) is 51.4 Å². The number of H-pyrrole nitrogens is 1. The van der Waals surface area contributed by atoms with Crippen LogP contribution in [0.1, 0.15) is 48.8 Å². The van der Waals surface area contributed by atoms with Crippen molar-refractivity contribution in [3.8, 4) is 0 Å². The standard InChI is InChI=1S/C17H24N2/c1-12-8-13(2)16-14(9-12)15(10-19-16)17(11-18)6-4-3-5-7-17/h8-10,19H,3-7,11,18H2,1-2H3. The molecule has 2 nitrogen and oxygen atoms in total. The van der Waals surface area contributed by atoms with Crippen molar-refractivity contribution in [3.05, 3.63) is 35.0 Å². The first-order chi connectivity index (χ1) is 9.16. The van der Waals surface area contributed by atoms with Gasteiger partial charge >= 0.3 is 0 Å². The molecule has 0 amide bonds. The first kappa shape index (κ1) is 12.7. The van der Waals surface area contributed by atoms with E-state index >= 15 is 0 Å². The Kier molecular flexibility index (Phi) is 3.14. The Morgan fingerprint density at radius 3 is 2.58 bits per heavy atom. The van der Waals surface area contributed by atoms with Crippen molar-refractivity contribution >= 4 is 10.9 Å². The molecule has 0 saturated heterocycles. The van der Waals surface area contributed by atoms with Gasteiger partial charge in [0, 0.05) is 29.1 Å². The average molecular weight is 256 g/mol. The van der Waals surface area contributed by atoms with E-state index in [1.165, 1.54) is 59.7 Å². The minimum Gasteiger partial charge on any atom is -0.361 e. The highest BCUT2D eigenvalue weighted by atomic mass is 14.7. The third kappa shape index (κ3) is 1.99. The third-order valence-corrected chi connectivity index (χ3v) is 4.90. The molecule has 0 bridgehead atoms. The van der Waals surface area contributed by atoms with Crippen molar-refractivity contribution in [2.24, 2.45) is 5.73 Å². The quantitative estimate of drug-likeness (QED) is 0.839. The van der Waals surface area contributed by atoms with Gasteiger partial charge in [0.1, 0.15) is 0 Å². The van der Waals surface area contributed by atoms with Crippen molar-refractivity contribution in [2.75, 3.05) is 6.54 Å². The Balaban J connectivity index is 2.18. The van der Waals surface area contributed by atoms with E-state index in [2.05, 4.69) is 37.2 Å². The largest absolute Gasteiger partial charge is 0.361 e. The summed E-state index contributed by atoms with van der Waals surface area (Å²) in [6, 6.07) is 4.57. The zero-order valence-electron chi connectivity index (χ0n) is 12.1. The number of fused-ring (bicyclic) bond motifs is 1. The average Bonchev–Trinajstić information content (AvgIpc) is 2.84. The molecule has 2 heteroatoms. The monoisotopic (exact) mass is 256 g/mol. The van der Waals surface area contributed by atoms with E-state index in [1.54, 1.807) is 0 Å². The molecule has 102 valence electrons. The Labute approximate surface area is 115 Å². The van der Waals surface area contributed by atoms with E-state index in [1.807, 2.05) is 0 Å². The van der Waals surface area contributed by atoms with Crippen LogP contribution in [0.4, 0.5) is 0 Å². The van der Waals surface area contributed by atoms with Crippen LogP contribution in [-0.2, 0) is 5.41 Å². The van der Waals surface area contributed by atoms with Gasteiger partial charge in [-0.15, -0.1) is 0 Å². The third-order valence-electron chi connectivity index (χ3n) is 4.90. The van der Waals surface area contributed by atoms with Crippen LogP contribution in [0.3, 0.4) is 0 Å². The van der Waals surface area contributed by atoms with Crippen molar-refractivity contribution in [1.29, 1.82) is 0 Å². The Bertz CT molecular complexity index is 589. The minimum absolute atomic E-state index is 0.205. The summed E-state index contributed by atoms with van der Waals surface area (Å²) in [4.78, 5) is 3.48. The normalized spacial score (nSPS) is 18.9. The maximum atomic E-state index is 6.18. The summed E-state index contributed by atoms with van der Waals surface area (Å²) in [5.41, 5.74) is 11.8. The Hall–Kier alpha value is -1.28. The van der Waals surface area contributed by atoms with Gasteiger partial charge in [-0.25, -0.2) is 0 Å². The molecule has 1 saturated carbocycles. The molecule has 0 unspecified atom stereocenters. The van der Waals surface area contributed by atoms with Gasteiger partial charge in [0.05, 0.1) is 0 Å². The molecule has 1 aliphatic rings. The van der Waals surface area contributed by atoms with Crippen LogP contribution in [0.25, 0.3) is 10.9 Å². The molecule has 3 N–H and O–H groups in total. The predicted molar refractivity (Wildman–Crippen MR) is 81.6 cm³/mol. The number of aromatic amines is 1. The van der Waals surface area contributed by atoms with Crippen molar-refractivity contribution < 1.29 is 0 Å². The number of nitrogens with two attached hydrogens (primary N) is 1. The molecular weight excluding hydrogens is 232 g/mol. The van der Waals surface area contributed by atoms with E-state index in [0.29, 0.717) is 0 Å². The molecule has 0 aliphatic heterocycles. The molecular formula is C17H24N2. The topological polar surface area (TPSA) is 41.8 Å². The maximum Gasteiger partial charge on any atom is 0.0486 e. The smallest absolute Gasteiger partial charge is 0.0486 e. The second-order valence-corrected chi connectivity index (χ2v) is 6.25. The van der Waals surface area contributed by atoms with Crippen LogP contribution in [0.5, 0.6) is 0 Å². The van der Waals surface area contributed by atoms with Crippen molar-refractivity contribution in [1.82, 2.24) is 4.98 Å². The van der Waals surface area contributed by atoms with Crippen LogP contribution in [0, 0.1) is 13.8 Å². The van der Waals surface area contributed by atoms with Crippen LogP contribution < -0.4 is 5.73 Å². The summed E-state index contributed by atoms with van der Waals surface area (Å²) < 4.78 is 0. The molecule has 2 aromatic rings. The summed E-state index contributed by atoms with van der Waals surface area (Å²) in [5, 5.41) is 1.39. The zero-order chi connectivity index (χ0) is 13.5. The number of hydrogen-bond acceptors (Lipinski definition) is 1. The molecule has 0 atom stereocenters. The molecule has 0 radical (unpaired) electrons. The van der Waals surface area contributed by atoms with Gasteiger partial charge in [0.2, 0.25) is 0 Å². The fourth-order valence-corrected chi connectivity index (χ4v) is 3.84. The van der Waals surface area contributed by atoms with E-state index in [9.17, 15) is 0 Å². The summed E-state index contributed by atoms with van der Waals surface area (Å²) in [7, 11) is 0. The Morgan fingerprint density at radius 1 is 1.16 bits per heavy atom. The summed E-state index contributed by atoms with van der Waals surface area (Å²) >= 11 is 0. The van der Waals surface area contributed by atoms with Gasteiger partial charge in [-0.3, -0.25) is 0 Å². The summed E-state index contributed by atoms with van der Waals surface area (Å²) in [5.74, 6) is 0. The molecule has 0 spiro atoms. The Morgan fingerprint density at radius 2 is 1.89 bits per heavy atom. The number of nitrogens with one attached hydrogen (secondary N) is 1. The van der Waals surface area contributed by atoms with Gasteiger partial charge in [-0.05, 0) is 43.9 Å². The van der Waals surface area contributed by atoms with Gasteiger partial charge in [-0.2, -0.15) is 0 Å². The van der Waals surface area contributed by atoms with E-state index in [-0.39, 0.29) is 5.41 Å². The zero-order valence-corrected chi connectivity index (χ0v) is 12.1. The lowest BCUT2D eigenvalue weighted by Crippen LogP contribution is -2.36. The van der Waals surface area contributed by atoms with Gasteiger partial charge < -0.3 is 10.7 Å². The molecule has 1 aliphatic carbocycles. The fraction of sp³-hybridized carbons (Fsp3) is 0.529. The first-order valence-corrected chi connectivity index (χ1v) is 7.45. The fourth-order valence-electron chi connectivity index (χ4n) is 3.84. The number of benzene rings is 1. The molecule has 19 heavy (non-hydrogen) atoms. The predicted octanol–water partition coefficient (Wildman–Crippen LogP) is 3.95. The SMILES string of the molecule is Cc1cc(C)c2[nH]cc(C3(CN)CCCCC3)c2c1. The van der Waals surface area contributed by atoms with Crippen LogP contribution in [0.15, 0.2) is 18.3 Å². The number of aryl methyl sites for hydroxylation is 2.